The van der Waals surface area contributed by atoms with Crippen LogP contribution >= 0.6 is 0 Å². The summed E-state index contributed by atoms with van der Waals surface area (Å²) in [4.78, 5) is 27.8. The summed E-state index contributed by atoms with van der Waals surface area (Å²) in [6.07, 6.45) is 4.65. The predicted molar refractivity (Wildman–Crippen MR) is 99.1 cm³/mol. The molecule has 0 aliphatic rings. The fourth-order valence-corrected chi connectivity index (χ4v) is 2.50. The number of carbonyl (C=O) groups excluding carboxylic acids is 2. The zero-order valence-electron chi connectivity index (χ0n) is 14.6. The molecule has 0 fully saturated rings. The summed E-state index contributed by atoms with van der Waals surface area (Å²) in [5.74, 6) is 0.404. The average Bonchev–Trinajstić information content (AvgIpc) is 2.61. The third kappa shape index (κ3) is 7.61. The van der Waals surface area contributed by atoms with Crippen LogP contribution in [0.5, 0.6) is 0 Å². The van der Waals surface area contributed by atoms with Crippen molar-refractivity contribution >= 4 is 17.6 Å². The Bertz CT molecular complexity index is 659. The van der Waals surface area contributed by atoms with Crippen molar-refractivity contribution in [2.45, 2.75) is 45.1 Å². The first-order valence-corrected chi connectivity index (χ1v) is 8.67. The van der Waals surface area contributed by atoms with Crippen LogP contribution in [-0.4, -0.2) is 22.8 Å². The quantitative estimate of drug-likeness (QED) is 0.736. The van der Waals surface area contributed by atoms with Gasteiger partial charge in [-0.05, 0) is 43.9 Å². The molecule has 0 bridgehead atoms. The van der Waals surface area contributed by atoms with E-state index in [1.165, 1.54) is 5.56 Å². The highest BCUT2D eigenvalue weighted by atomic mass is 16.2. The highest BCUT2D eigenvalue weighted by Crippen LogP contribution is 2.06. The average molecular weight is 339 g/mol. The Kier molecular flexibility index (Phi) is 7.63. The van der Waals surface area contributed by atoms with Gasteiger partial charge in [-0.3, -0.25) is 9.59 Å². The van der Waals surface area contributed by atoms with Gasteiger partial charge in [0.05, 0.1) is 0 Å². The molecule has 25 heavy (non-hydrogen) atoms. The van der Waals surface area contributed by atoms with E-state index in [4.69, 9.17) is 0 Å². The van der Waals surface area contributed by atoms with E-state index in [9.17, 15) is 9.59 Å². The van der Waals surface area contributed by atoms with Crippen LogP contribution in [0.4, 0.5) is 5.82 Å². The van der Waals surface area contributed by atoms with Crippen molar-refractivity contribution in [2.24, 2.45) is 0 Å². The van der Waals surface area contributed by atoms with E-state index >= 15 is 0 Å². The molecular weight excluding hydrogens is 314 g/mol. The molecule has 132 valence electrons. The van der Waals surface area contributed by atoms with Crippen molar-refractivity contribution in [3.05, 3.63) is 60.3 Å². The van der Waals surface area contributed by atoms with Crippen molar-refractivity contribution < 1.29 is 9.59 Å². The van der Waals surface area contributed by atoms with Crippen LogP contribution < -0.4 is 10.6 Å². The molecule has 5 nitrogen and oxygen atoms in total. The number of benzene rings is 1. The molecule has 2 rings (SSSR count). The van der Waals surface area contributed by atoms with Gasteiger partial charge in [0.25, 0.3) is 0 Å². The molecule has 1 aromatic carbocycles. The summed E-state index contributed by atoms with van der Waals surface area (Å²) >= 11 is 0. The second-order valence-corrected chi connectivity index (χ2v) is 6.11. The van der Waals surface area contributed by atoms with E-state index in [1.807, 2.05) is 31.2 Å². The van der Waals surface area contributed by atoms with E-state index in [2.05, 4.69) is 27.8 Å². The highest BCUT2D eigenvalue weighted by molar-refractivity contribution is 5.90. The van der Waals surface area contributed by atoms with E-state index < -0.39 is 0 Å². The maximum absolute atomic E-state index is 11.9. The second kappa shape index (κ2) is 10.2. The first-order chi connectivity index (χ1) is 12.1. The lowest BCUT2D eigenvalue weighted by Gasteiger charge is -2.14. The Hall–Kier alpha value is -2.69. The zero-order chi connectivity index (χ0) is 17.9. The summed E-state index contributed by atoms with van der Waals surface area (Å²) in [5.41, 5.74) is 1.27. The van der Waals surface area contributed by atoms with E-state index in [-0.39, 0.29) is 17.9 Å². The topological polar surface area (TPSA) is 71.1 Å². The minimum absolute atomic E-state index is 0.00815. The third-order valence-electron chi connectivity index (χ3n) is 3.86. The van der Waals surface area contributed by atoms with Crippen molar-refractivity contribution in [1.82, 2.24) is 10.3 Å². The number of aryl methyl sites for hydroxylation is 1. The molecule has 1 aromatic heterocycles. The predicted octanol–water partition coefficient (Wildman–Crippen LogP) is 3.33. The van der Waals surface area contributed by atoms with Crippen LogP contribution in [0.15, 0.2) is 54.7 Å². The summed E-state index contributed by atoms with van der Waals surface area (Å²) < 4.78 is 0. The summed E-state index contributed by atoms with van der Waals surface area (Å²) in [6, 6.07) is 15.7. The molecule has 2 aromatic rings. The van der Waals surface area contributed by atoms with Gasteiger partial charge < -0.3 is 10.6 Å². The fourth-order valence-electron chi connectivity index (χ4n) is 2.50. The van der Waals surface area contributed by atoms with E-state index in [0.29, 0.717) is 25.1 Å². The number of rotatable bonds is 9. The first-order valence-electron chi connectivity index (χ1n) is 8.67. The maximum Gasteiger partial charge on any atom is 0.225 e. The molecule has 2 N–H and O–H groups in total. The van der Waals surface area contributed by atoms with Gasteiger partial charge in [0.2, 0.25) is 11.8 Å². The number of pyridine rings is 1. The van der Waals surface area contributed by atoms with Gasteiger partial charge in [0, 0.05) is 25.1 Å². The summed E-state index contributed by atoms with van der Waals surface area (Å²) in [5, 5.41) is 5.70. The van der Waals surface area contributed by atoms with E-state index in [0.717, 1.165) is 12.8 Å². The lowest BCUT2D eigenvalue weighted by Crippen LogP contribution is -2.32. The minimum Gasteiger partial charge on any atom is -0.354 e. The SMILES string of the molecule is C[C@@H](CCc1ccccc1)NC(=O)CCCC(=O)Nc1ccccn1. The molecule has 5 heteroatoms. The van der Waals surface area contributed by atoms with Crippen molar-refractivity contribution in [2.75, 3.05) is 5.32 Å². The van der Waals surface area contributed by atoms with Gasteiger partial charge in [-0.2, -0.15) is 0 Å². The minimum atomic E-state index is -0.122. The van der Waals surface area contributed by atoms with Crippen LogP contribution in [0.2, 0.25) is 0 Å². The van der Waals surface area contributed by atoms with Gasteiger partial charge in [0.15, 0.2) is 0 Å². The molecule has 2 amide bonds. The molecule has 0 radical (unpaired) electrons. The van der Waals surface area contributed by atoms with Gasteiger partial charge in [-0.25, -0.2) is 4.98 Å². The number of amides is 2. The Morgan fingerprint density at radius 2 is 1.72 bits per heavy atom. The van der Waals surface area contributed by atoms with Gasteiger partial charge in [0.1, 0.15) is 5.82 Å². The molecule has 0 saturated heterocycles. The monoisotopic (exact) mass is 339 g/mol. The third-order valence-corrected chi connectivity index (χ3v) is 3.86. The molecule has 1 heterocycles. The Labute approximate surface area is 148 Å². The smallest absolute Gasteiger partial charge is 0.225 e. The highest BCUT2D eigenvalue weighted by Gasteiger charge is 2.09. The largest absolute Gasteiger partial charge is 0.354 e. The van der Waals surface area contributed by atoms with Gasteiger partial charge in [-0.15, -0.1) is 0 Å². The number of carbonyl (C=O) groups is 2. The maximum atomic E-state index is 11.9. The Morgan fingerprint density at radius 1 is 1.00 bits per heavy atom. The lowest BCUT2D eigenvalue weighted by atomic mass is 10.1. The second-order valence-electron chi connectivity index (χ2n) is 6.11. The van der Waals surface area contributed by atoms with Gasteiger partial charge in [-0.1, -0.05) is 36.4 Å². The first kappa shape index (κ1) is 18.6. The number of aromatic nitrogens is 1. The fraction of sp³-hybridized carbons (Fsp3) is 0.350. The standard InChI is InChI=1S/C20H25N3O2/c1-16(13-14-17-8-3-2-4-9-17)22-19(24)11-7-12-20(25)23-18-10-5-6-15-21-18/h2-6,8-10,15-16H,7,11-14H2,1H3,(H,22,24)(H,21,23,25)/t16-/m0/s1. The molecule has 0 unspecified atom stereocenters. The van der Waals surface area contributed by atoms with E-state index in [1.54, 1.807) is 18.3 Å². The molecule has 1 atom stereocenters. The van der Waals surface area contributed by atoms with Crippen LogP contribution in [0, 0.1) is 0 Å². The molecule has 0 saturated carbocycles. The van der Waals surface area contributed by atoms with Crippen LogP contribution in [0.1, 0.15) is 38.2 Å². The molecular formula is C20H25N3O2. The number of hydrogen-bond acceptors (Lipinski definition) is 3. The van der Waals surface area contributed by atoms with Crippen molar-refractivity contribution in [1.29, 1.82) is 0 Å². The summed E-state index contributed by atoms with van der Waals surface area (Å²) in [7, 11) is 0. The summed E-state index contributed by atoms with van der Waals surface area (Å²) in [6.45, 7) is 2.01. The number of anilines is 1. The Morgan fingerprint density at radius 3 is 2.44 bits per heavy atom. The normalized spacial score (nSPS) is 11.6. The Balaban J connectivity index is 1.59. The number of hydrogen-bond donors (Lipinski definition) is 2. The molecule has 0 spiro atoms. The molecule has 0 aliphatic heterocycles. The van der Waals surface area contributed by atoms with Gasteiger partial charge >= 0.3 is 0 Å². The molecule has 0 aliphatic carbocycles. The zero-order valence-corrected chi connectivity index (χ0v) is 14.6. The lowest BCUT2D eigenvalue weighted by molar-refractivity contribution is -0.122. The van der Waals surface area contributed by atoms with Crippen LogP contribution in [0.3, 0.4) is 0 Å². The van der Waals surface area contributed by atoms with Crippen molar-refractivity contribution in [3.8, 4) is 0 Å². The number of nitrogens with zero attached hydrogens (tertiary/aromatic N) is 1. The van der Waals surface area contributed by atoms with Crippen molar-refractivity contribution in [3.63, 3.8) is 0 Å². The number of nitrogens with one attached hydrogen (secondary N) is 2. The van der Waals surface area contributed by atoms with Crippen LogP contribution in [-0.2, 0) is 16.0 Å². The van der Waals surface area contributed by atoms with Crippen LogP contribution in [0.25, 0.3) is 0 Å².